The maximum Gasteiger partial charge on any atom is 0.164 e. The van der Waals surface area contributed by atoms with Gasteiger partial charge in [-0.3, -0.25) is 0 Å². The molecule has 236 valence electrons. The van der Waals surface area contributed by atoms with E-state index in [0.717, 1.165) is 49.8 Å². The highest BCUT2D eigenvalue weighted by Crippen LogP contribution is 2.49. The maximum atomic E-state index is 6.53. The third-order valence-electron chi connectivity index (χ3n) is 10.3. The second-order valence-electron chi connectivity index (χ2n) is 13.7. The lowest BCUT2D eigenvalue weighted by Gasteiger charge is -2.21. The Morgan fingerprint density at radius 3 is 1.90 bits per heavy atom. The summed E-state index contributed by atoms with van der Waals surface area (Å²) in [5.41, 5.74) is 11.8. The first kappa shape index (κ1) is 28.6. The second-order valence-corrected chi connectivity index (χ2v) is 13.7. The number of fused-ring (bicyclic) bond motifs is 7. The highest BCUT2D eigenvalue weighted by Gasteiger charge is 2.35. The Morgan fingerprint density at radius 1 is 0.420 bits per heavy atom. The van der Waals surface area contributed by atoms with Crippen molar-refractivity contribution in [1.29, 1.82) is 0 Å². The molecule has 9 aromatic rings. The van der Waals surface area contributed by atoms with Crippen molar-refractivity contribution in [3.05, 3.63) is 163 Å². The molecule has 0 fully saturated rings. The second kappa shape index (κ2) is 10.8. The molecule has 0 saturated heterocycles. The van der Waals surface area contributed by atoms with Crippen molar-refractivity contribution < 1.29 is 4.42 Å². The van der Waals surface area contributed by atoms with Crippen LogP contribution in [0.4, 0.5) is 0 Å². The van der Waals surface area contributed by atoms with Crippen LogP contribution in [0.15, 0.2) is 156 Å². The topological polar surface area (TPSA) is 51.8 Å². The van der Waals surface area contributed by atoms with Crippen molar-refractivity contribution >= 4 is 32.7 Å². The van der Waals surface area contributed by atoms with Crippen LogP contribution in [0, 0.1) is 0 Å². The number of hydrogen-bond acceptors (Lipinski definition) is 4. The molecule has 1 aliphatic carbocycles. The fourth-order valence-corrected chi connectivity index (χ4v) is 7.76. The summed E-state index contributed by atoms with van der Waals surface area (Å²) in [5, 5.41) is 4.61. The molecule has 1 aliphatic rings. The number of aromatic nitrogens is 3. The first-order valence-electron chi connectivity index (χ1n) is 17.0. The van der Waals surface area contributed by atoms with Gasteiger partial charge < -0.3 is 4.42 Å². The Kier molecular flexibility index (Phi) is 6.19. The molecule has 0 spiro atoms. The first-order chi connectivity index (χ1) is 24.5. The molecular weight excluding hydrogens is 611 g/mol. The lowest BCUT2D eigenvalue weighted by atomic mass is 9.82. The monoisotopic (exact) mass is 641 g/mol. The van der Waals surface area contributed by atoms with Crippen LogP contribution in [0.3, 0.4) is 0 Å². The van der Waals surface area contributed by atoms with Crippen LogP contribution < -0.4 is 0 Å². The molecule has 4 nitrogen and oxygen atoms in total. The molecule has 0 radical (unpaired) electrons. The Morgan fingerprint density at radius 2 is 1.06 bits per heavy atom. The summed E-state index contributed by atoms with van der Waals surface area (Å²) in [6, 6.07) is 53.2. The van der Waals surface area contributed by atoms with Crippen LogP contribution in [-0.2, 0) is 5.41 Å². The van der Waals surface area contributed by atoms with Gasteiger partial charge in [-0.15, -0.1) is 0 Å². The van der Waals surface area contributed by atoms with E-state index in [2.05, 4.69) is 129 Å². The molecule has 0 unspecified atom stereocenters. The number of furan rings is 1. The highest BCUT2D eigenvalue weighted by molar-refractivity contribution is 6.13. The van der Waals surface area contributed by atoms with E-state index in [0.29, 0.717) is 17.5 Å². The standard InChI is InChI=1S/C46H31N3O/c1-46(2)38-17-9-8-15-35(38)36-23-21-32(26-39(36)46)44-47-43(29-12-4-3-5-13-29)48-45(49-44)33-22-24-37-41(27-33)50-40-18-10-16-34(42(37)40)31-20-19-28-11-6-7-14-30(28)25-31/h3-27H,1-2H3. The van der Waals surface area contributed by atoms with Gasteiger partial charge in [0.05, 0.1) is 0 Å². The highest BCUT2D eigenvalue weighted by atomic mass is 16.3. The molecule has 10 rings (SSSR count). The minimum Gasteiger partial charge on any atom is -0.456 e. The van der Waals surface area contributed by atoms with Crippen molar-refractivity contribution in [2.45, 2.75) is 19.3 Å². The summed E-state index contributed by atoms with van der Waals surface area (Å²) in [6.07, 6.45) is 0. The molecule has 0 amide bonds. The SMILES string of the molecule is CC1(C)c2ccccc2-c2ccc(-c3nc(-c4ccccc4)nc(-c4ccc5c(c4)oc4cccc(-c6ccc7ccccc7c6)c45)n3)cc21. The molecular formula is C46H31N3O. The summed E-state index contributed by atoms with van der Waals surface area (Å²) >= 11 is 0. The quantitative estimate of drug-likeness (QED) is 0.192. The Hall–Kier alpha value is -6.39. The molecule has 0 aliphatic heterocycles. The normalized spacial score (nSPS) is 13.2. The lowest BCUT2D eigenvalue weighted by molar-refractivity contribution is 0.660. The minimum absolute atomic E-state index is 0.127. The van der Waals surface area contributed by atoms with Gasteiger partial charge in [-0.25, -0.2) is 15.0 Å². The van der Waals surface area contributed by atoms with Crippen LogP contribution in [-0.4, -0.2) is 15.0 Å². The van der Waals surface area contributed by atoms with Crippen molar-refractivity contribution in [3.8, 4) is 56.4 Å². The van der Waals surface area contributed by atoms with Crippen molar-refractivity contribution in [2.75, 3.05) is 0 Å². The Bertz CT molecular complexity index is 2790. The molecule has 0 atom stereocenters. The summed E-state index contributed by atoms with van der Waals surface area (Å²) < 4.78 is 6.53. The zero-order valence-electron chi connectivity index (χ0n) is 27.7. The molecule has 2 heterocycles. The molecule has 50 heavy (non-hydrogen) atoms. The van der Waals surface area contributed by atoms with Gasteiger partial charge in [0.25, 0.3) is 0 Å². The Balaban J connectivity index is 1.12. The van der Waals surface area contributed by atoms with Gasteiger partial charge >= 0.3 is 0 Å². The summed E-state index contributed by atoms with van der Waals surface area (Å²) in [6.45, 7) is 4.59. The predicted molar refractivity (Wildman–Crippen MR) is 204 cm³/mol. The van der Waals surface area contributed by atoms with Crippen LogP contribution in [0.25, 0.3) is 89.1 Å². The molecule has 2 aromatic heterocycles. The van der Waals surface area contributed by atoms with Crippen LogP contribution in [0.5, 0.6) is 0 Å². The van der Waals surface area contributed by atoms with Crippen LogP contribution >= 0.6 is 0 Å². The average molecular weight is 642 g/mol. The molecule has 0 saturated carbocycles. The van der Waals surface area contributed by atoms with E-state index >= 15 is 0 Å². The van der Waals surface area contributed by atoms with E-state index in [1.807, 2.05) is 36.4 Å². The summed E-state index contributed by atoms with van der Waals surface area (Å²) in [4.78, 5) is 15.2. The van der Waals surface area contributed by atoms with Gasteiger partial charge in [-0.1, -0.05) is 135 Å². The van der Waals surface area contributed by atoms with E-state index < -0.39 is 0 Å². The van der Waals surface area contributed by atoms with Crippen LogP contribution in [0.1, 0.15) is 25.0 Å². The van der Waals surface area contributed by atoms with E-state index in [-0.39, 0.29) is 5.41 Å². The largest absolute Gasteiger partial charge is 0.456 e. The third kappa shape index (κ3) is 4.42. The van der Waals surface area contributed by atoms with Crippen molar-refractivity contribution in [3.63, 3.8) is 0 Å². The van der Waals surface area contributed by atoms with Crippen molar-refractivity contribution in [2.24, 2.45) is 0 Å². The average Bonchev–Trinajstić information content (AvgIpc) is 3.66. The van der Waals surface area contributed by atoms with E-state index in [1.54, 1.807) is 0 Å². The van der Waals surface area contributed by atoms with E-state index in [4.69, 9.17) is 19.4 Å². The number of hydrogen-bond donors (Lipinski definition) is 0. The fraction of sp³-hybridized carbons (Fsp3) is 0.0652. The van der Waals surface area contributed by atoms with Gasteiger partial charge in [-0.2, -0.15) is 0 Å². The van der Waals surface area contributed by atoms with Gasteiger partial charge in [0, 0.05) is 32.9 Å². The summed E-state index contributed by atoms with van der Waals surface area (Å²) in [5.74, 6) is 1.89. The molecule has 0 N–H and O–H groups in total. The van der Waals surface area contributed by atoms with Gasteiger partial charge in [-0.05, 0) is 74.5 Å². The first-order valence-corrected chi connectivity index (χ1v) is 17.0. The smallest absolute Gasteiger partial charge is 0.164 e. The number of nitrogens with zero attached hydrogens (tertiary/aromatic N) is 3. The maximum absolute atomic E-state index is 6.53. The fourth-order valence-electron chi connectivity index (χ4n) is 7.76. The summed E-state index contributed by atoms with van der Waals surface area (Å²) in [7, 11) is 0. The minimum atomic E-state index is -0.127. The van der Waals surface area contributed by atoms with E-state index in [9.17, 15) is 0 Å². The Labute approximate surface area is 289 Å². The van der Waals surface area contributed by atoms with Crippen LogP contribution in [0.2, 0.25) is 0 Å². The predicted octanol–water partition coefficient (Wildman–Crippen LogP) is 11.9. The van der Waals surface area contributed by atoms with Gasteiger partial charge in [0.1, 0.15) is 11.2 Å². The zero-order valence-corrected chi connectivity index (χ0v) is 27.7. The van der Waals surface area contributed by atoms with E-state index in [1.165, 1.54) is 33.0 Å². The molecule has 0 bridgehead atoms. The van der Waals surface area contributed by atoms with Gasteiger partial charge in [0.15, 0.2) is 17.5 Å². The number of rotatable bonds is 4. The zero-order chi connectivity index (χ0) is 33.4. The third-order valence-corrected chi connectivity index (χ3v) is 10.3. The molecule has 7 aromatic carbocycles. The van der Waals surface area contributed by atoms with Gasteiger partial charge in [0.2, 0.25) is 0 Å². The molecule has 4 heteroatoms. The lowest BCUT2D eigenvalue weighted by Crippen LogP contribution is -2.15. The number of benzene rings is 7. The van der Waals surface area contributed by atoms with Crippen molar-refractivity contribution in [1.82, 2.24) is 15.0 Å².